The Morgan fingerprint density at radius 3 is 2.52 bits per heavy atom. The van der Waals surface area contributed by atoms with E-state index < -0.39 is 19.9 Å². The maximum absolute atomic E-state index is 12.9. The standard InChI is InChI=1S/C16H20F3OP/c1-4-20-21(5-2)11-7-6-8-14-12-13(3)9-10-15(14)16(17,18)19/h9-10,12H,4-5,7,11H2,1-3H3. The second-order valence-corrected chi connectivity index (χ2v) is 6.84. The van der Waals surface area contributed by atoms with Gasteiger partial charge in [0.25, 0.3) is 0 Å². The van der Waals surface area contributed by atoms with Crippen molar-refractivity contribution in [2.45, 2.75) is 33.4 Å². The molecule has 1 aromatic carbocycles. The van der Waals surface area contributed by atoms with E-state index in [1.165, 1.54) is 12.1 Å². The van der Waals surface area contributed by atoms with Crippen LogP contribution in [0.2, 0.25) is 0 Å². The van der Waals surface area contributed by atoms with Crippen molar-refractivity contribution in [2.24, 2.45) is 0 Å². The highest BCUT2D eigenvalue weighted by atomic mass is 31.1. The quantitative estimate of drug-likeness (QED) is 0.535. The fourth-order valence-electron chi connectivity index (χ4n) is 1.84. The number of hydrogen-bond acceptors (Lipinski definition) is 1. The molecule has 0 spiro atoms. The zero-order valence-electron chi connectivity index (χ0n) is 12.5. The van der Waals surface area contributed by atoms with Crippen LogP contribution in [-0.2, 0) is 10.7 Å². The summed E-state index contributed by atoms with van der Waals surface area (Å²) in [5.74, 6) is 5.52. The Kier molecular flexibility index (Phi) is 7.22. The Hall–Kier alpha value is -1.04. The first kappa shape index (κ1) is 18.0. The Morgan fingerprint density at radius 2 is 1.95 bits per heavy atom. The first-order valence-electron chi connectivity index (χ1n) is 6.93. The third kappa shape index (κ3) is 6.08. The van der Waals surface area contributed by atoms with Crippen molar-refractivity contribution < 1.29 is 17.7 Å². The van der Waals surface area contributed by atoms with Gasteiger partial charge in [-0.1, -0.05) is 24.8 Å². The van der Waals surface area contributed by atoms with Gasteiger partial charge in [0.05, 0.1) is 5.56 Å². The van der Waals surface area contributed by atoms with Gasteiger partial charge in [-0.25, -0.2) is 0 Å². The first-order chi connectivity index (χ1) is 9.88. The predicted molar refractivity (Wildman–Crippen MR) is 81.6 cm³/mol. The molecule has 0 fully saturated rings. The summed E-state index contributed by atoms with van der Waals surface area (Å²) in [6.45, 7) is 6.43. The van der Waals surface area contributed by atoms with E-state index in [2.05, 4.69) is 18.8 Å². The molecular weight excluding hydrogens is 296 g/mol. The van der Waals surface area contributed by atoms with Crippen LogP contribution in [0.1, 0.15) is 37.0 Å². The molecule has 0 saturated heterocycles. The lowest BCUT2D eigenvalue weighted by molar-refractivity contribution is -0.137. The van der Waals surface area contributed by atoms with E-state index in [9.17, 15) is 13.2 Å². The Labute approximate surface area is 125 Å². The largest absolute Gasteiger partial charge is 0.417 e. The molecule has 0 heterocycles. The van der Waals surface area contributed by atoms with Crippen molar-refractivity contribution >= 4 is 8.15 Å². The summed E-state index contributed by atoms with van der Waals surface area (Å²) in [6, 6.07) is 4.04. The maximum Gasteiger partial charge on any atom is 0.417 e. The van der Waals surface area contributed by atoms with E-state index in [0.29, 0.717) is 13.0 Å². The molecule has 0 aliphatic heterocycles. The molecule has 1 atom stereocenters. The molecule has 1 nitrogen and oxygen atoms in total. The highest BCUT2D eigenvalue weighted by molar-refractivity contribution is 7.52. The number of hydrogen-bond donors (Lipinski definition) is 0. The van der Waals surface area contributed by atoms with E-state index in [1.807, 2.05) is 6.92 Å². The highest BCUT2D eigenvalue weighted by Crippen LogP contribution is 2.36. The van der Waals surface area contributed by atoms with Gasteiger partial charge >= 0.3 is 6.18 Å². The Balaban J connectivity index is 2.79. The highest BCUT2D eigenvalue weighted by Gasteiger charge is 2.32. The van der Waals surface area contributed by atoms with Crippen molar-refractivity contribution in [2.75, 3.05) is 18.9 Å². The molecule has 1 aromatic rings. The molecule has 0 aromatic heterocycles. The molecular formula is C16H20F3OP. The van der Waals surface area contributed by atoms with Crippen molar-refractivity contribution in [3.63, 3.8) is 0 Å². The molecule has 0 saturated carbocycles. The Morgan fingerprint density at radius 1 is 1.24 bits per heavy atom. The second-order valence-electron chi connectivity index (χ2n) is 4.54. The molecule has 0 bridgehead atoms. The number of halogens is 3. The van der Waals surface area contributed by atoms with Crippen molar-refractivity contribution in [3.8, 4) is 11.8 Å². The van der Waals surface area contributed by atoms with Gasteiger partial charge in [0.2, 0.25) is 0 Å². The summed E-state index contributed by atoms with van der Waals surface area (Å²) < 4.78 is 44.2. The topological polar surface area (TPSA) is 9.23 Å². The summed E-state index contributed by atoms with van der Waals surface area (Å²) in [6.07, 6.45) is -2.05. The molecule has 21 heavy (non-hydrogen) atoms. The maximum atomic E-state index is 12.9. The third-order valence-corrected chi connectivity index (χ3v) is 4.91. The van der Waals surface area contributed by atoms with Crippen LogP contribution in [0.4, 0.5) is 13.2 Å². The van der Waals surface area contributed by atoms with Gasteiger partial charge in [-0.15, -0.1) is 0 Å². The minimum Gasteiger partial charge on any atom is -0.359 e. The third-order valence-electron chi connectivity index (χ3n) is 2.85. The van der Waals surface area contributed by atoms with E-state index in [-0.39, 0.29) is 5.56 Å². The average molecular weight is 316 g/mol. The molecule has 1 unspecified atom stereocenters. The lowest BCUT2D eigenvalue weighted by Gasteiger charge is -2.12. The molecule has 0 aliphatic carbocycles. The summed E-state index contributed by atoms with van der Waals surface area (Å²) >= 11 is 0. The lowest BCUT2D eigenvalue weighted by Crippen LogP contribution is -2.07. The van der Waals surface area contributed by atoms with Gasteiger partial charge in [-0.2, -0.15) is 13.2 Å². The minimum atomic E-state index is -4.36. The average Bonchev–Trinajstić information content (AvgIpc) is 2.41. The van der Waals surface area contributed by atoms with Crippen molar-refractivity contribution in [3.05, 3.63) is 34.9 Å². The zero-order valence-corrected chi connectivity index (χ0v) is 13.4. The summed E-state index contributed by atoms with van der Waals surface area (Å²) in [5.41, 5.74) is 0.167. The van der Waals surface area contributed by atoms with Gasteiger partial charge in [-0.05, 0) is 37.7 Å². The van der Waals surface area contributed by atoms with E-state index in [4.69, 9.17) is 4.52 Å². The van der Waals surface area contributed by atoms with Gasteiger partial charge in [-0.3, -0.25) is 0 Å². The Bertz CT molecular complexity index is 514. The van der Waals surface area contributed by atoms with Crippen LogP contribution in [-0.4, -0.2) is 18.9 Å². The molecule has 0 N–H and O–H groups in total. The van der Waals surface area contributed by atoms with Crippen molar-refractivity contribution in [1.82, 2.24) is 0 Å². The van der Waals surface area contributed by atoms with Gasteiger partial charge < -0.3 is 4.52 Å². The summed E-state index contributed by atoms with van der Waals surface area (Å²) in [4.78, 5) is 0. The second kappa shape index (κ2) is 8.41. The van der Waals surface area contributed by atoms with Crippen LogP contribution >= 0.6 is 8.15 Å². The molecule has 0 amide bonds. The fraction of sp³-hybridized carbons (Fsp3) is 0.500. The van der Waals surface area contributed by atoms with Crippen LogP contribution in [0.5, 0.6) is 0 Å². The monoisotopic (exact) mass is 316 g/mol. The first-order valence-corrected chi connectivity index (χ1v) is 8.56. The molecule has 1 rings (SSSR count). The van der Waals surface area contributed by atoms with Crippen LogP contribution in [0.25, 0.3) is 0 Å². The number of aryl methyl sites for hydroxylation is 1. The van der Waals surface area contributed by atoms with Crippen LogP contribution in [0, 0.1) is 18.8 Å². The molecule has 0 aliphatic rings. The number of benzene rings is 1. The van der Waals surface area contributed by atoms with Crippen LogP contribution in [0.15, 0.2) is 18.2 Å². The van der Waals surface area contributed by atoms with E-state index >= 15 is 0 Å². The zero-order chi connectivity index (χ0) is 15.9. The molecule has 0 radical (unpaired) electrons. The lowest BCUT2D eigenvalue weighted by atomic mass is 10.0. The van der Waals surface area contributed by atoms with Gasteiger partial charge in [0.15, 0.2) is 0 Å². The number of alkyl halides is 3. The summed E-state index contributed by atoms with van der Waals surface area (Å²) in [7, 11) is -0.500. The molecule has 5 heteroatoms. The number of rotatable bonds is 5. The van der Waals surface area contributed by atoms with Gasteiger partial charge in [0, 0.05) is 32.9 Å². The fourth-order valence-corrected chi connectivity index (χ4v) is 3.20. The van der Waals surface area contributed by atoms with Crippen LogP contribution in [0.3, 0.4) is 0 Å². The van der Waals surface area contributed by atoms with Crippen LogP contribution < -0.4 is 0 Å². The normalized spacial score (nSPS) is 12.7. The van der Waals surface area contributed by atoms with Crippen molar-refractivity contribution in [1.29, 1.82) is 0 Å². The minimum absolute atomic E-state index is 0.0553. The van der Waals surface area contributed by atoms with E-state index in [0.717, 1.165) is 24.0 Å². The van der Waals surface area contributed by atoms with Gasteiger partial charge in [0.1, 0.15) is 0 Å². The SMILES string of the molecule is CCOP(CC)CCC#Cc1cc(C)ccc1C(F)(F)F. The smallest absolute Gasteiger partial charge is 0.359 e. The van der Waals surface area contributed by atoms with E-state index in [1.54, 1.807) is 6.92 Å². The molecule has 116 valence electrons. The summed E-state index contributed by atoms with van der Waals surface area (Å²) in [5, 5.41) is 0. The predicted octanol–water partition coefficient (Wildman–Crippen LogP) is 5.21.